The number of hydrogen-bond acceptors (Lipinski definition) is 2. The van der Waals surface area contributed by atoms with Crippen LogP contribution >= 0.6 is 0 Å². The first-order chi connectivity index (χ1) is 8.66. The molecule has 0 radical (unpaired) electrons. The number of carbonyl (C=O) groups is 1. The minimum atomic E-state index is 0.00615. The Morgan fingerprint density at radius 3 is 2.11 bits per heavy atom. The van der Waals surface area contributed by atoms with E-state index in [0.29, 0.717) is 0 Å². The fraction of sp³-hybridized carbons (Fsp3) is 0.933. The molecule has 0 aliphatic heterocycles. The number of amides is 1. The van der Waals surface area contributed by atoms with E-state index in [9.17, 15) is 4.79 Å². The molecule has 0 aromatic rings. The predicted octanol–water partition coefficient (Wildman–Crippen LogP) is 3.67. The molecule has 0 atom stereocenters. The molecule has 0 saturated carbocycles. The highest BCUT2D eigenvalue weighted by Gasteiger charge is 2.01. The van der Waals surface area contributed by atoms with Crippen LogP contribution < -0.4 is 5.32 Å². The summed E-state index contributed by atoms with van der Waals surface area (Å²) in [5.41, 5.74) is 0. The number of nitrogens with one attached hydrogen (secondary N) is 1. The molecule has 0 rings (SSSR count). The van der Waals surface area contributed by atoms with E-state index in [1.807, 2.05) is 13.8 Å². The van der Waals surface area contributed by atoms with Crippen molar-refractivity contribution in [3.05, 3.63) is 0 Å². The van der Waals surface area contributed by atoms with Gasteiger partial charge in [-0.1, -0.05) is 51.9 Å². The predicted molar refractivity (Wildman–Crippen MR) is 76.7 cm³/mol. The van der Waals surface area contributed by atoms with E-state index in [1.54, 1.807) is 0 Å². The summed E-state index contributed by atoms with van der Waals surface area (Å²) in [6.07, 6.45) is 10.5. The highest BCUT2D eigenvalue weighted by atomic mass is 16.5. The Bertz CT molecular complexity index is 193. The molecule has 0 saturated heterocycles. The van der Waals surface area contributed by atoms with Crippen LogP contribution in [0.5, 0.6) is 0 Å². The third-order valence-electron chi connectivity index (χ3n) is 2.90. The van der Waals surface area contributed by atoms with Crippen molar-refractivity contribution in [2.45, 2.75) is 78.2 Å². The fourth-order valence-electron chi connectivity index (χ4n) is 1.78. The summed E-state index contributed by atoms with van der Waals surface area (Å²) >= 11 is 0. The van der Waals surface area contributed by atoms with E-state index in [-0.39, 0.29) is 18.6 Å². The van der Waals surface area contributed by atoms with Gasteiger partial charge in [-0.25, -0.2) is 0 Å². The van der Waals surface area contributed by atoms with Crippen molar-refractivity contribution >= 4 is 5.91 Å². The summed E-state index contributed by atoms with van der Waals surface area (Å²) in [4.78, 5) is 11.3. The van der Waals surface area contributed by atoms with Crippen LogP contribution in [0.15, 0.2) is 0 Å². The second kappa shape index (κ2) is 12.9. The van der Waals surface area contributed by atoms with Crippen molar-refractivity contribution < 1.29 is 9.53 Å². The maximum absolute atomic E-state index is 11.3. The van der Waals surface area contributed by atoms with Crippen LogP contribution in [0.25, 0.3) is 0 Å². The van der Waals surface area contributed by atoms with Gasteiger partial charge in [-0.05, 0) is 20.3 Å². The summed E-state index contributed by atoms with van der Waals surface area (Å²) in [6.45, 7) is 7.09. The van der Waals surface area contributed by atoms with Crippen LogP contribution in [-0.4, -0.2) is 25.2 Å². The lowest BCUT2D eigenvalue weighted by atomic mass is 10.1. The topological polar surface area (TPSA) is 38.3 Å². The largest absolute Gasteiger partial charge is 0.369 e. The van der Waals surface area contributed by atoms with Crippen LogP contribution in [-0.2, 0) is 9.53 Å². The van der Waals surface area contributed by atoms with Gasteiger partial charge in [0.25, 0.3) is 0 Å². The maximum atomic E-state index is 11.3. The quantitative estimate of drug-likeness (QED) is 0.542. The standard InChI is InChI=1S/C15H31NO2/c1-4-5-6-7-8-9-10-11-12-16-15(17)13-18-14(2)3/h14H,4-13H2,1-3H3,(H,16,17). The molecular weight excluding hydrogens is 226 g/mol. The fourth-order valence-corrected chi connectivity index (χ4v) is 1.78. The van der Waals surface area contributed by atoms with Gasteiger partial charge in [-0.3, -0.25) is 4.79 Å². The van der Waals surface area contributed by atoms with Gasteiger partial charge in [0.05, 0.1) is 6.10 Å². The van der Waals surface area contributed by atoms with Crippen LogP contribution in [0.3, 0.4) is 0 Å². The van der Waals surface area contributed by atoms with E-state index >= 15 is 0 Å². The molecule has 0 aliphatic rings. The molecule has 0 aromatic heterocycles. The maximum Gasteiger partial charge on any atom is 0.246 e. The van der Waals surface area contributed by atoms with E-state index in [2.05, 4.69) is 12.2 Å². The van der Waals surface area contributed by atoms with Gasteiger partial charge >= 0.3 is 0 Å². The highest BCUT2D eigenvalue weighted by molar-refractivity contribution is 5.77. The zero-order chi connectivity index (χ0) is 13.6. The first kappa shape index (κ1) is 17.4. The molecule has 108 valence electrons. The monoisotopic (exact) mass is 257 g/mol. The summed E-state index contributed by atoms with van der Waals surface area (Å²) in [5.74, 6) is 0.00615. The second-order valence-corrected chi connectivity index (χ2v) is 5.18. The number of ether oxygens (including phenoxy) is 1. The lowest BCUT2D eigenvalue weighted by molar-refractivity contribution is -0.127. The van der Waals surface area contributed by atoms with Gasteiger partial charge < -0.3 is 10.1 Å². The number of hydrogen-bond donors (Lipinski definition) is 1. The van der Waals surface area contributed by atoms with Crippen LogP contribution in [0, 0.1) is 0 Å². The van der Waals surface area contributed by atoms with Gasteiger partial charge in [0.15, 0.2) is 0 Å². The van der Waals surface area contributed by atoms with Crippen LogP contribution in [0.1, 0.15) is 72.1 Å². The van der Waals surface area contributed by atoms with Crippen molar-refractivity contribution in [1.29, 1.82) is 0 Å². The molecule has 0 spiro atoms. The van der Waals surface area contributed by atoms with Crippen molar-refractivity contribution in [3.8, 4) is 0 Å². The molecule has 1 N–H and O–H groups in total. The molecule has 0 bridgehead atoms. The number of unbranched alkanes of at least 4 members (excludes halogenated alkanes) is 7. The molecule has 3 heteroatoms. The minimum Gasteiger partial charge on any atom is -0.369 e. The summed E-state index contributed by atoms with van der Waals surface area (Å²) in [7, 11) is 0. The molecular formula is C15H31NO2. The third-order valence-corrected chi connectivity index (χ3v) is 2.90. The Morgan fingerprint density at radius 2 is 1.56 bits per heavy atom. The van der Waals surface area contributed by atoms with Gasteiger partial charge in [-0.2, -0.15) is 0 Å². The Labute approximate surface area is 113 Å². The highest BCUT2D eigenvalue weighted by Crippen LogP contribution is 2.07. The van der Waals surface area contributed by atoms with E-state index < -0.39 is 0 Å². The molecule has 18 heavy (non-hydrogen) atoms. The van der Waals surface area contributed by atoms with Crippen molar-refractivity contribution in [3.63, 3.8) is 0 Å². The van der Waals surface area contributed by atoms with Gasteiger partial charge in [0, 0.05) is 6.54 Å². The molecule has 3 nitrogen and oxygen atoms in total. The van der Waals surface area contributed by atoms with E-state index in [1.165, 1.54) is 44.9 Å². The van der Waals surface area contributed by atoms with Crippen LogP contribution in [0.4, 0.5) is 0 Å². The Kier molecular flexibility index (Phi) is 12.5. The van der Waals surface area contributed by atoms with Crippen molar-refractivity contribution in [2.24, 2.45) is 0 Å². The molecule has 1 amide bonds. The van der Waals surface area contributed by atoms with Gasteiger partial charge in [0.2, 0.25) is 5.91 Å². The molecule has 0 aliphatic carbocycles. The average Bonchev–Trinajstić information content (AvgIpc) is 2.34. The first-order valence-corrected chi connectivity index (χ1v) is 7.55. The zero-order valence-electron chi connectivity index (χ0n) is 12.5. The van der Waals surface area contributed by atoms with Gasteiger partial charge in [-0.15, -0.1) is 0 Å². The Morgan fingerprint density at radius 1 is 1.00 bits per heavy atom. The van der Waals surface area contributed by atoms with E-state index in [0.717, 1.165) is 13.0 Å². The zero-order valence-corrected chi connectivity index (χ0v) is 12.5. The first-order valence-electron chi connectivity index (χ1n) is 7.55. The average molecular weight is 257 g/mol. The third kappa shape index (κ3) is 13.5. The molecule has 0 fully saturated rings. The van der Waals surface area contributed by atoms with E-state index in [4.69, 9.17) is 4.74 Å². The minimum absolute atomic E-state index is 0.00615. The normalized spacial score (nSPS) is 10.9. The van der Waals surface area contributed by atoms with Crippen LogP contribution in [0.2, 0.25) is 0 Å². The number of carbonyl (C=O) groups excluding carboxylic acids is 1. The summed E-state index contributed by atoms with van der Waals surface area (Å²) in [5, 5.41) is 2.89. The molecule has 0 heterocycles. The smallest absolute Gasteiger partial charge is 0.246 e. The Hall–Kier alpha value is -0.570. The second-order valence-electron chi connectivity index (χ2n) is 5.18. The van der Waals surface area contributed by atoms with Gasteiger partial charge in [0.1, 0.15) is 6.61 Å². The summed E-state index contributed by atoms with van der Waals surface area (Å²) in [6, 6.07) is 0. The lowest BCUT2D eigenvalue weighted by Crippen LogP contribution is -2.29. The SMILES string of the molecule is CCCCCCCCCCNC(=O)COC(C)C. The molecule has 0 unspecified atom stereocenters. The Balaban J connectivity index is 3.12. The van der Waals surface area contributed by atoms with Crippen molar-refractivity contribution in [2.75, 3.05) is 13.2 Å². The lowest BCUT2D eigenvalue weighted by Gasteiger charge is -2.08. The molecule has 0 aromatic carbocycles. The van der Waals surface area contributed by atoms with Crippen molar-refractivity contribution in [1.82, 2.24) is 5.32 Å². The summed E-state index contributed by atoms with van der Waals surface area (Å²) < 4.78 is 5.22. The number of rotatable bonds is 12.